The summed E-state index contributed by atoms with van der Waals surface area (Å²) in [5, 5.41) is 0. The number of rotatable bonds is 6. The van der Waals surface area contributed by atoms with E-state index < -0.39 is 0 Å². The number of piperidine rings is 4. The molecule has 33 heavy (non-hydrogen) atoms. The lowest BCUT2D eigenvalue weighted by molar-refractivity contribution is -0.0766. The van der Waals surface area contributed by atoms with E-state index in [1.54, 1.807) is 0 Å². The first-order valence-corrected chi connectivity index (χ1v) is 12.3. The summed E-state index contributed by atoms with van der Waals surface area (Å²) in [7, 11) is 0. The van der Waals surface area contributed by atoms with Gasteiger partial charge in [-0.25, -0.2) is 0 Å². The molecule has 2 saturated carbocycles. The number of fused-ring (bicyclic) bond motifs is 4. The highest BCUT2D eigenvalue weighted by atomic mass is 35.5. The summed E-state index contributed by atoms with van der Waals surface area (Å²) < 4.78 is 0. The third kappa shape index (κ3) is 4.96. The molecular weight excluding hydrogens is 432 g/mol. The maximum Gasteiger partial charge on any atom is 0.0544 e. The summed E-state index contributed by atoms with van der Waals surface area (Å²) in [6.07, 6.45) is 11.6. The standard InChI is InChI=1S/2C13H19N3.ClH/c2*14-10-13-7-11(8-13)4-6-16(13)9-12-3-1-2-5-15-12;/h2*1-3,5,11H,4,6-10,14H2;1H. The number of hydrogen-bond donors (Lipinski definition) is 2. The zero-order valence-electron chi connectivity index (χ0n) is 19.6. The van der Waals surface area contributed by atoms with Crippen LogP contribution in [0.15, 0.2) is 48.8 Å². The van der Waals surface area contributed by atoms with Crippen molar-refractivity contribution in [2.24, 2.45) is 23.3 Å². The van der Waals surface area contributed by atoms with Gasteiger partial charge in [-0.3, -0.25) is 19.8 Å². The Labute approximate surface area is 204 Å². The van der Waals surface area contributed by atoms with Crippen molar-refractivity contribution in [3.8, 4) is 0 Å². The molecule has 2 aromatic rings. The summed E-state index contributed by atoms with van der Waals surface area (Å²) in [6, 6.07) is 12.3. The van der Waals surface area contributed by atoms with Crippen molar-refractivity contribution in [2.75, 3.05) is 26.2 Å². The summed E-state index contributed by atoms with van der Waals surface area (Å²) in [5.74, 6) is 1.90. The van der Waals surface area contributed by atoms with Crippen LogP contribution in [0.4, 0.5) is 0 Å². The normalized spacial score (nSPS) is 32.4. The average Bonchev–Trinajstić information content (AvgIpc) is 2.80. The number of nitrogens with two attached hydrogens (primary N) is 2. The molecule has 180 valence electrons. The van der Waals surface area contributed by atoms with Gasteiger partial charge in [-0.1, -0.05) is 12.1 Å². The molecule has 0 spiro atoms. The molecule has 0 unspecified atom stereocenters. The SMILES string of the molecule is Cl.NCC12CC(CCN1Cc1ccccn1)C2.NCC12CC(CCN1Cc1ccccn1)C2. The number of pyridine rings is 2. The molecule has 4 bridgehead atoms. The van der Waals surface area contributed by atoms with Crippen LogP contribution in [0.3, 0.4) is 0 Å². The van der Waals surface area contributed by atoms with Crippen LogP contribution in [-0.4, -0.2) is 57.0 Å². The zero-order chi connectivity index (χ0) is 22.0. The van der Waals surface area contributed by atoms with Gasteiger partial charge in [0.1, 0.15) is 0 Å². The first-order valence-electron chi connectivity index (χ1n) is 12.3. The predicted molar refractivity (Wildman–Crippen MR) is 135 cm³/mol. The van der Waals surface area contributed by atoms with E-state index in [2.05, 4.69) is 44.0 Å². The van der Waals surface area contributed by atoms with Gasteiger partial charge in [-0.2, -0.15) is 0 Å². The molecule has 6 nitrogen and oxygen atoms in total. The van der Waals surface area contributed by atoms with Gasteiger partial charge in [0, 0.05) is 49.7 Å². The van der Waals surface area contributed by atoms with Gasteiger partial charge in [0.25, 0.3) is 0 Å². The minimum atomic E-state index is 0. The molecule has 4 aliphatic heterocycles. The van der Waals surface area contributed by atoms with Crippen LogP contribution in [0.1, 0.15) is 49.9 Å². The van der Waals surface area contributed by atoms with Crippen molar-refractivity contribution < 1.29 is 0 Å². The van der Waals surface area contributed by atoms with Crippen molar-refractivity contribution >= 4 is 12.4 Å². The van der Waals surface area contributed by atoms with E-state index >= 15 is 0 Å². The Morgan fingerprint density at radius 2 is 1.15 bits per heavy atom. The molecule has 0 radical (unpaired) electrons. The first kappa shape index (κ1) is 24.6. The molecule has 6 heterocycles. The highest BCUT2D eigenvalue weighted by Gasteiger charge is 2.51. The molecule has 0 amide bonds. The maximum absolute atomic E-state index is 5.96. The minimum Gasteiger partial charge on any atom is -0.329 e. The molecule has 2 aromatic heterocycles. The van der Waals surface area contributed by atoms with Crippen molar-refractivity contribution in [1.82, 2.24) is 19.8 Å². The Bertz CT molecular complexity index is 793. The molecule has 0 atom stereocenters. The second kappa shape index (κ2) is 10.4. The Morgan fingerprint density at radius 3 is 1.48 bits per heavy atom. The number of aromatic nitrogens is 2. The number of nitrogens with zero attached hydrogens (tertiary/aromatic N) is 4. The summed E-state index contributed by atoms with van der Waals surface area (Å²) >= 11 is 0. The van der Waals surface area contributed by atoms with Gasteiger partial charge in [0.2, 0.25) is 0 Å². The quantitative estimate of drug-likeness (QED) is 0.674. The van der Waals surface area contributed by atoms with Gasteiger partial charge in [0.15, 0.2) is 0 Å². The van der Waals surface area contributed by atoms with Crippen molar-refractivity contribution in [3.05, 3.63) is 60.2 Å². The molecular formula is C26H39ClN6. The third-order valence-electron chi connectivity index (χ3n) is 8.55. The van der Waals surface area contributed by atoms with Crippen LogP contribution in [-0.2, 0) is 13.1 Å². The third-order valence-corrected chi connectivity index (χ3v) is 8.55. The van der Waals surface area contributed by atoms with E-state index in [1.165, 1.54) is 63.0 Å². The van der Waals surface area contributed by atoms with Crippen LogP contribution in [0, 0.1) is 11.8 Å². The lowest BCUT2D eigenvalue weighted by Gasteiger charge is -2.59. The average molecular weight is 471 g/mol. The fourth-order valence-electron chi connectivity index (χ4n) is 6.57. The lowest BCUT2D eigenvalue weighted by atomic mass is 9.62. The van der Waals surface area contributed by atoms with Crippen LogP contribution in [0.5, 0.6) is 0 Å². The van der Waals surface area contributed by atoms with Crippen LogP contribution in [0.25, 0.3) is 0 Å². The van der Waals surface area contributed by atoms with E-state index in [4.69, 9.17) is 11.5 Å². The first-order chi connectivity index (χ1) is 15.6. The van der Waals surface area contributed by atoms with E-state index in [9.17, 15) is 0 Å². The number of halogens is 1. The minimum absolute atomic E-state index is 0. The fraction of sp³-hybridized carbons (Fsp3) is 0.615. The number of hydrogen-bond acceptors (Lipinski definition) is 6. The summed E-state index contributed by atoms with van der Waals surface area (Å²) in [5.41, 5.74) is 14.9. The summed E-state index contributed by atoms with van der Waals surface area (Å²) in [6.45, 7) is 5.92. The molecule has 0 aromatic carbocycles. The van der Waals surface area contributed by atoms with Crippen LogP contribution in [0.2, 0.25) is 0 Å². The van der Waals surface area contributed by atoms with E-state index in [1.807, 2.05) is 24.5 Å². The van der Waals surface area contributed by atoms with Crippen molar-refractivity contribution in [2.45, 2.75) is 62.7 Å². The Morgan fingerprint density at radius 1 is 0.727 bits per heavy atom. The topological polar surface area (TPSA) is 84.3 Å². The molecule has 4 N–H and O–H groups in total. The van der Waals surface area contributed by atoms with Gasteiger partial charge in [-0.05, 0) is 87.7 Å². The molecule has 8 rings (SSSR count). The van der Waals surface area contributed by atoms with Gasteiger partial charge in [-0.15, -0.1) is 12.4 Å². The molecule has 2 aliphatic carbocycles. The highest BCUT2D eigenvalue weighted by Crippen LogP contribution is 2.49. The van der Waals surface area contributed by atoms with E-state index in [0.717, 1.165) is 38.0 Å². The van der Waals surface area contributed by atoms with Crippen LogP contribution >= 0.6 is 12.4 Å². The fourth-order valence-corrected chi connectivity index (χ4v) is 6.57. The van der Waals surface area contributed by atoms with Crippen molar-refractivity contribution in [1.29, 1.82) is 0 Å². The van der Waals surface area contributed by atoms with Gasteiger partial charge < -0.3 is 11.5 Å². The zero-order valence-corrected chi connectivity index (χ0v) is 20.4. The smallest absolute Gasteiger partial charge is 0.0544 e. The lowest BCUT2D eigenvalue weighted by Crippen LogP contribution is -2.65. The molecule has 6 aliphatic rings. The molecule has 4 saturated heterocycles. The predicted octanol–water partition coefficient (Wildman–Crippen LogP) is 3.21. The van der Waals surface area contributed by atoms with Gasteiger partial charge >= 0.3 is 0 Å². The summed E-state index contributed by atoms with van der Waals surface area (Å²) in [4.78, 5) is 13.9. The molecule has 7 heteroatoms. The Kier molecular flexibility index (Phi) is 7.71. The second-order valence-corrected chi connectivity index (χ2v) is 10.5. The van der Waals surface area contributed by atoms with Crippen LogP contribution < -0.4 is 11.5 Å². The Balaban J connectivity index is 0.000000152. The second-order valence-electron chi connectivity index (χ2n) is 10.5. The van der Waals surface area contributed by atoms with Crippen molar-refractivity contribution in [3.63, 3.8) is 0 Å². The van der Waals surface area contributed by atoms with Gasteiger partial charge in [0.05, 0.1) is 11.4 Å². The highest BCUT2D eigenvalue weighted by molar-refractivity contribution is 5.85. The Hall–Kier alpha value is -1.57. The van der Waals surface area contributed by atoms with E-state index in [-0.39, 0.29) is 12.4 Å². The monoisotopic (exact) mass is 470 g/mol. The maximum atomic E-state index is 5.96. The largest absolute Gasteiger partial charge is 0.329 e. The van der Waals surface area contributed by atoms with E-state index in [0.29, 0.717) is 11.1 Å². The molecule has 6 fully saturated rings.